The maximum atomic E-state index is 13.6. The molecule has 1 N–H and O–H groups in total. The lowest BCUT2D eigenvalue weighted by molar-refractivity contribution is -0.158. The molecule has 0 bridgehead atoms. The van der Waals surface area contributed by atoms with Crippen molar-refractivity contribution < 1.29 is 9.59 Å². The molecule has 5 nitrogen and oxygen atoms in total. The van der Waals surface area contributed by atoms with Gasteiger partial charge >= 0.3 is 0 Å². The first-order valence-electron chi connectivity index (χ1n) is 11.8. The first-order valence-corrected chi connectivity index (χ1v) is 11.8. The minimum atomic E-state index is -0.445. The van der Waals surface area contributed by atoms with Gasteiger partial charge in [0, 0.05) is 29.6 Å². The Morgan fingerprint density at radius 2 is 1.88 bits per heavy atom. The molecule has 3 aromatic rings. The lowest BCUT2D eigenvalue weighted by Crippen LogP contribution is -2.63. The molecular formula is C27H31N3O2. The summed E-state index contributed by atoms with van der Waals surface area (Å²) in [6.07, 6.45) is 4.95. The zero-order valence-electron chi connectivity index (χ0n) is 18.9. The number of unbranched alkanes of at least 4 members (excludes halogenated alkanes) is 3. The Balaban J connectivity index is 1.57. The van der Waals surface area contributed by atoms with Crippen LogP contribution in [0.25, 0.3) is 10.9 Å². The zero-order chi connectivity index (χ0) is 22.2. The number of hydrogen-bond donors (Lipinski definition) is 1. The van der Waals surface area contributed by atoms with Gasteiger partial charge in [-0.2, -0.15) is 0 Å². The minimum absolute atomic E-state index is 0.0425. The number of carbonyl (C=O) groups is 2. The van der Waals surface area contributed by atoms with Crippen LogP contribution in [0.3, 0.4) is 0 Å². The second-order valence-electron chi connectivity index (χ2n) is 9.22. The number of hydrogen-bond acceptors (Lipinski definition) is 2. The van der Waals surface area contributed by atoms with Gasteiger partial charge in [0.15, 0.2) is 0 Å². The van der Waals surface area contributed by atoms with Crippen molar-refractivity contribution in [2.24, 2.45) is 0 Å². The first-order chi connectivity index (χ1) is 15.6. The Bertz CT molecular complexity index is 1160. The predicted octanol–water partition coefficient (Wildman–Crippen LogP) is 4.74. The Morgan fingerprint density at radius 1 is 1.03 bits per heavy atom. The zero-order valence-corrected chi connectivity index (χ0v) is 18.9. The summed E-state index contributed by atoms with van der Waals surface area (Å²) >= 11 is 0. The standard InChI is InChI=1S/C27H31N3O2/c1-3-4-5-8-14-29-17-24(31)30-23(27(29)32)16-21-20-12-6-7-13-22(20)28-25(21)26(30)19-11-9-10-18(2)15-19/h6-7,9-13,15,23,26,28H,3-5,8,14,16-17H2,1-2H3/t23-,26?/m0/s1. The first kappa shape index (κ1) is 20.8. The highest BCUT2D eigenvalue weighted by molar-refractivity contribution is 5.97. The van der Waals surface area contributed by atoms with E-state index in [1.165, 1.54) is 12.0 Å². The van der Waals surface area contributed by atoms with E-state index in [9.17, 15) is 9.59 Å². The van der Waals surface area contributed by atoms with E-state index in [0.29, 0.717) is 13.0 Å². The van der Waals surface area contributed by atoms with Gasteiger partial charge < -0.3 is 14.8 Å². The maximum Gasteiger partial charge on any atom is 0.246 e. The van der Waals surface area contributed by atoms with Gasteiger partial charge in [-0.3, -0.25) is 9.59 Å². The van der Waals surface area contributed by atoms with Gasteiger partial charge in [0.2, 0.25) is 11.8 Å². The van der Waals surface area contributed by atoms with Crippen LogP contribution >= 0.6 is 0 Å². The molecule has 5 heteroatoms. The molecule has 5 rings (SSSR count). The number of H-pyrrole nitrogens is 1. The molecule has 32 heavy (non-hydrogen) atoms. The third-order valence-corrected chi connectivity index (χ3v) is 6.98. The fourth-order valence-corrected chi connectivity index (χ4v) is 5.43. The molecule has 0 saturated carbocycles. The smallest absolute Gasteiger partial charge is 0.246 e. The number of aromatic nitrogens is 1. The SMILES string of the molecule is CCCCCCN1CC(=O)N2C(c3cccc(C)c3)c3[nH]c4ccccc4c3C[C@H]2C1=O. The normalized spacial score (nSPS) is 20.6. The third-order valence-electron chi connectivity index (χ3n) is 6.98. The van der Waals surface area contributed by atoms with E-state index >= 15 is 0 Å². The Morgan fingerprint density at radius 3 is 2.69 bits per heavy atom. The van der Waals surface area contributed by atoms with Crippen molar-refractivity contribution in [2.75, 3.05) is 13.1 Å². The van der Waals surface area contributed by atoms with Gasteiger partial charge in [-0.25, -0.2) is 0 Å². The highest BCUT2D eigenvalue weighted by Gasteiger charge is 2.48. The van der Waals surface area contributed by atoms with Crippen molar-refractivity contribution in [3.8, 4) is 0 Å². The van der Waals surface area contributed by atoms with Gasteiger partial charge in [0.25, 0.3) is 0 Å². The molecule has 3 heterocycles. The minimum Gasteiger partial charge on any atom is -0.356 e. The van der Waals surface area contributed by atoms with Crippen molar-refractivity contribution in [3.05, 3.63) is 70.9 Å². The fraction of sp³-hybridized carbons (Fsp3) is 0.407. The molecule has 2 aromatic carbocycles. The molecule has 2 atom stereocenters. The van der Waals surface area contributed by atoms with Gasteiger partial charge in [-0.1, -0.05) is 74.2 Å². The molecule has 1 unspecified atom stereocenters. The summed E-state index contributed by atoms with van der Waals surface area (Å²) in [5, 5.41) is 1.15. The van der Waals surface area contributed by atoms with E-state index in [-0.39, 0.29) is 24.4 Å². The van der Waals surface area contributed by atoms with E-state index < -0.39 is 6.04 Å². The lowest BCUT2D eigenvalue weighted by atomic mass is 9.86. The third kappa shape index (κ3) is 3.50. The number of para-hydroxylation sites is 1. The van der Waals surface area contributed by atoms with E-state index in [2.05, 4.69) is 49.2 Å². The maximum absolute atomic E-state index is 13.6. The second kappa shape index (κ2) is 8.45. The molecule has 0 spiro atoms. The molecule has 0 radical (unpaired) electrons. The number of carbonyl (C=O) groups excluding carboxylic acids is 2. The van der Waals surface area contributed by atoms with Crippen molar-refractivity contribution in [3.63, 3.8) is 0 Å². The quantitative estimate of drug-likeness (QED) is 0.576. The summed E-state index contributed by atoms with van der Waals surface area (Å²) in [4.78, 5) is 34.3. The number of fused-ring (bicyclic) bond motifs is 4. The van der Waals surface area contributed by atoms with Crippen LogP contribution in [0, 0.1) is 6.92 Å². The van der Waals surface area contributed by atoms with Crippen molar-refractivity contribution in [1.29, 1.82) is 0 Å². The monoisotopic (exact) mass is 429 g/mol. The summed E-state index contributed by atoms with van der Waals surface area (Å²) in [7, 11) is 0. The van der Waals surface area contributed by atoms with Gasteiger partial charge in [-0.05, 0) is 30.5 Å². The summed E-state index contributed by atoms with van der Waals surface area (Å²) in [5.74, 6) is 0.135. The van der Waals surface area contributed by atoms with Crippen LogP contribution in [0.4, 0.5) is 0 Å². The molecule has 1 fully saturated rings. The second-order valence-corrected chi connectivity index (χ2v) is 9.22. The van der Waals surface area contributed by atoms with Gasteiger partial charge in [0.1, 0.15) is 6.04 Å². The largest absolute Gasteiger partial charge is 0.356 e. The topological polar surface area (TPSA) is 56.4 Å². The van der Waals surface area contributed by atoms with Gasteiger partial charge in [0.05, 0.1) is 12.6 Å². The average molecular weight is 430 g/mol. The number of amides is 2. The molecule has 2 aliphatic rings. The Labute approximate surface area is 189 Å². The van der Waals surface area contributed by atoms with Crippen LogP contribution in [-0.2, 0) is 16.0 Å². The summed E-state index contributed by atoms with van der Waals surface area (Å²) < 4.78 is 0. The van der Waals surface area contributed by atoms with Crippen LogP contribution in [0.1, 0.15) is 61.0 Å². The Hall–Kier alpha value is -3.08. The van der Waals surface area contributed by atoms with Gasteiger partial charge in [-0.15, -0.1) is 0 Å². The summed E-state index contributed by atoms with van der Waals surface area (Å²) in [5.41, 5.74) is 5.48. The Kier molecular flexibility index (Phi) is 5.50. The van der Waals surface area contributed by atoms with Crippen LogP contribution in [-0.4, -0.2) is 45.7 Å². The lowest BCUT2D eigenvalue weighted by Gasteiger charge is -2.47. The average Bonchev–Trinajstić information content (AvgIpc) is 3.17. The predicted molar refractivity (Wildman–Crippen MR) is 126 cm³/mol. The van der Waals surface area contributed by atoms with Crippen molar-refractivity contribution >= 4 is 22.7 Å². The van der Waals surface area contributed by atoms with E-state index in [4.69, 9.17) is 0 Å². The number of nitrogens with one attached hydrogen (secondary N) is 1. The molecule has 1 saturated heterocycles. The molecule has 166 valence electrons. The number of aryl methyl sites for hydroxylation is 1. The highest BCUT2D eigenvalue weighted by Crippen LogP contribution is 2.42. The highest BCUT2D eigenvalue weighted by atomic mass is 16.2. The fourth-order valence-electron chi connectivity index (χ4n) is 5.43. The van der Waals surface area contributed by atoms with Crippen molar-refractivity contribution in [2.45, 2.75) is 58.0 Å². The van der Waals surface area contributed by atoms with Crippen LogP contribution in [0.5, 0.6) is 0 Å². The van der Waals surface area contributed by atoms with Crippen LogP contribution < -0.4 is 0 Å². The molecule has 2 amide bonds. The van der Waals surface area contributed by atoms with E-state index in [1.807, 2.05) is 23.1 Å². The van der Waals surface area contributed by atoms with Crippen LogP contribution in [0.15, 0.2) is 48.5 Å². The number of rotatable bonds is 6. The number of aromatic amines is 1. The van der Waals surface area contributed by atoms with E-state index in [0.717, 1.165) is 47.0 Å². The molecule has 2 aliphatic heterocycles. The number of piperazine rings is 1. The van der Waals surface area contributed by atoms with E-state index in [1.54, 1.807) is 4.90 Å². The molecule has 1 aromatic heterocycles. The molecular weight excluding hydrogens is 398 g/mol. The molecule has 0 aliphatic carbocycles. The van der Waals surface area contributed by atoms with Crippen LogP contribution in [0.2, 0.25) is 0 Å². The summed E-state index contributed by atoms with van der Waals surface area (Å²) in [6.45, 7) is 5.10. The number of benzene rings is 2. The van der Waals surface area contributed by atoms with Crippen molar-refractivity contribution in [1.82, 2.24) is 14.8 Å². The number of nitrogens with zero attached hydrogens (tertiary/aromatic N) is 2. The summed E-state index contributed by atoms with van der Waals surface area (Å²) in [6, 6.07) is 15.8.